The van der Waals surface area contributed by atoms with Crippen LogP contribution in [0.3, 0.4) is 0 Å². The molecule has 42 heavy (non-hydrogen) atoms. The fourth-order valence-corrected chi connectivity index (χ4v) is 5.01. The van der Waals surface area contributed by atoms with Gasteiger partial charge in [-0.15, -0.1) is 12.4 Å². The third-order valence-corrected chi connectivity index (χ3v) is 7.23. The number of benzene rings is 2. The monoisotopic (exact) mass is 602 g/mol. The van der Waals surface area contributed by atoms with Crippen molar-refractivity contribution in [3.05, 3.63) is 48.0 Å². The first-order valence-electron chi connectivity index (χ1n) is 14.7. The SMILES string of the molecule is CCOC(=O)CNC(=O)CCCOc1ccccc1N1CCN(CCCCOc2ccc3c(c2)NC(=O)CC3)CC1.Cl. The number of para-hydroxylation sites is 2. The minimum atomic E-state index is -0.431. The van der Waals surface area contributed by atoms with Gasteiger partial charge in [0.2, 0.25) is 11.8 Å². The highest BCUT2D eigenvalue weighted by Gasteiger charge is 2.20. The first-order valence-corrected chi connectivity index (χ1v) is 14.7. The summed E-state index contributed by atoms with van der Waals surface area (Å²) in [4.78, 5) is 39.8. The van der Waals surface area contributed by atoms with Gasteiger partial charge in [-0.05, 0) is 62.9 Å². The van der Waals surface area contributed by atoms with Gasteiger partial charge in [-0.1, -0.05) is 18.2 Å². The Morgan fingerprint density at radius 1 is 0.952 bits per heavy atom. The second-order valence-corrected chi connectivity index (χ2v) is 10.3. The molecule has 0 aliphatic carbocycles. The van der Waals surface area contributed by atoms with E-state index in [1.807, 2.05) is 36.4 Å². The van der Waals surface area contributed by atoms with Gasteiger partial charge < -0.3 is 29.7 Å². The summed E-state index contributed by atoms with van der Waals surface area (Å²) in [6.45, 7) is 7.86. The number of hydrogen-bond donors (Lipinski definition) is 2. The van der Waals surface area contributed by atoms with E-state index in [0.29, 0.717) is 32.7 Å². The molecule has 0 aromatic heterocycles. The van der Waals surface area contributed by atoms with Crippen LogP contribution in [0.5, 0.6) is 11.5 Å². The zero-order valence-corrected chi connectivity index (χ0v) is 25.2. The number of hydrogen-bond acceptors (Lipinski definition) is 8. The molecule has 1 fully saturated rings. The van der Waals surface area contributed by atoms with E-state index in [1.165, 1.54) is 5.56 Å². The molecule has 0 radical (unpaired) electrons. The van der Waals surface area contributed by atoms with Crippen LogP contribution in [-0.4, -0.2) is 81.8 Å². The summed E-state index contributed by atoms with van der Waals surface area (Å²) in [5, 5.41) is 5.50. The summed E-state index contributed by atoms with van der Waals surface area (Å²) in [6.07, 6.45) is 4.22. The molecular weight excluding hydrogens is 560 g/mol. The van der Waals surface area contributed by atoms with Crippen LogP contribution in [0.15, 0.2) is 42.5 Å². The number of rotatable bonds is 15. The quantitative estimate of drug-likeness (QED) is 0.234. The van der Waals surface area contributed by atoms with Crippen molar-refractivity contribution in [2.24, 2.45) is 0 Å². The van der Waals surface area contributed by atoms with Gasteiger partial charge in [0, 0.05) is 50.8 Å². The minimum Gasteiger partial charge on any atom is -0.494 e. The molecule has 11 heteroatoms. The summed E-state index contributed by atoms with van der Waals surface area (Å²) >= 11 is 0. The zero-order chi connectivity index (χ0) is 28.9. The van der Waals surface area contributed by atoms with E-state index in [2.05, 4.69) is 26.5 Å². The molecule has 230 valence electrons. The first-order chi connectivity index (χ1) is 20.0. The molecule has 2 amide bonds. The summed E-state index contributed by atoms with van der Waals surface area (Å²) in [5.74, 6) is 1.08. The van der Waals surface area contributed by atoms with E-state index in [-0.39, 0.29) is 37.2 Å². The van der Waals surface area contributed by atoms with Gasteiger partial charge in [0.15, 0.2) is 0 Å². The average Bonchev–Trinajstić information content (AvgIpc) is 2.98. The lowest BCUT2D eigenvalue weighted by atomic mass is 10.0. The average molecular weight is 603 g/mol. The third-order valence-electron chi connectivity index (χ3n) is 7.23. The molecule has 2 aliphatic heterocycles. The molecule has 2 aromatic rings. The molecule has 0 spiro atoms. The molecule has 4 rings (SSSR count). The maximum atomic E-state index is 11.9. The smallest absolute Gasteiger partial charge is 0.325 e. The highest BCUT2D eigenvalue weighted by atomic mass is 35.5. The van der Waals surface area contributed by atoms with Crippen molar-refractivity contribution in [3.8, 4) is 11.5 Å². The number of carbonyl (C=O) groups excluding carboxylic acids is 3. The van der Waals surface area contributed by atoms with Crippen LogP contribution in [-0.2, 0) is 25.5 Å². The first kappa shape index (κ1) is 33.0. The third kappa shape index (κ3) is 10.4. The summed E-state index contributed by atoms with van der Waals surface area (Å²) in [6, 6.07) is 14.0. The van der Waals surface area contributed by atoms with Crippen molar-refractivity contribution in [3.63, 3.8) is 0 Å². The van der Waals surface area contributed by atoms with Gasteiger partial charge in [-0.3, -0.25) is 19.3 Å². The summed E-state index contributed by atoms with van der Waals surface area (Å²) in [7, 11) is 0. The van der Waals surface area contributed by atoms with Crippen LogP contribution >= 0.6 is 12.4 Å². The Labute approximate surface area is 254 Å². The van der Waals surface area contributed by atoms with Gasteiger partial charge in [-0.25, -0.2) is 0 Å². The highest BCUT2D eigenvalue weighted by Crippen LogP contribution is 2.29. The maximum absolute atomic E-state index is 11.9. The molecule has 2 heterocycles. The molecule has 0 saturated carbocycles. The maximum Gasteiger partial charge on any atom is 0.325 e. The predicted molar refractivity (Wildman–Crippen MR) is 165 cm³/mol. The lowest BCUT2D eigenvalue weighted by Crippen LogP contribution is -2.46. The Kier molecular flexibility index (Phi) is 13.7. The van der Waals surface area contributed by atoms with Gasteiger partial charge in [0.1, 0.15) is 18.0 Å². The van der Waals surface area contributed by atoms with Crippen molar-refractivity contribution >= 4 is 41.6 Å². The van der Waals surface area contributed by atoms with Crippen molar-refractivity contribution in [1.82, 2.24) is 10.2 Å². The van der Waals surface area contributed by atoms with E-state index in [1.54, 1.807) is 6.92 Å². The van der Waals surface area contributed by atoms with Crippen molar-refractivity contribution in [2.75, 3.05) is 69.3 Å². The number of esters is 1. The van der Waals surface area contributed by atoms with Crippen molar-refractivity contribution in [2.45, 2.75) is 45.4 Å². The molecule has 0 unspecified atom stereocenters. The van der Waals surface area contributed by atoms with Crippen LogP contribution < -0.4 is 25.0 Å². The van der Waals surface area contributed by atoms with Gasteiger partial charge in [0.05, 0.1) is 25.5 Å². The second kappa shape index (κ2) is 17.5. The van der Waals surface area contributed by atoms with Crippen LogP contribution in [0.2, 0.25) is 0 Å². The van der Waals surface area contributed by atoms with Crippen molar-refractivity contribution in [1.29, 1.82) is 0 Å². The molecule has 0 atom stereocenters. The number of aryl methyl sites for hydroxylation is 1. The molecule has 1 saturated heterocycles. The van der Waals surface area contributed by atoms with Crippen LogP contribution in [0, 0.1) is 0 Å². The molecule has 2 aliphatic rings. The van der Waals surface area contributed by atoms with E-state index in [9.17, 15) is 14.4 Å². The lowest BCUT2D eigenvalue weighted by molar-refractivity contribution is -0.143. The summed E-state index contributed by atoms with van der Waals surface area (Å²) < 4.78 is 16.8. The number of unbranched alkanes of at least 4 members (excludes halogenated alkanes) is 1. The Morgan fingerprint density at radius 3 is 2.55 bits per heavy atom. The minimum absolute atomic E-state index is 0. The van der Waals surface area contributed by atoms with Crippen LogP contribution in [0.25, 0.3) is 0 Å². The fraction of sp³-hybridized carbons (Fsp3) is 0.516. The van der Waals surface area contributed by atoms with E-state index in [0.717, 1.165) is 74.9 Å². The number of carbonyl (C=O) groups is 3. The number of ether oxygens (including phenoxy) is 3. The van der Waals surface area contributed by atoms with Gasteiger partial charge >= 0.3 is 5.97 Å². The number of nitrogens with one attached hydrogen (secondary N) is 2. The molecule has 2 aromatic carbocycles. The van der Waals surface area contributed by atoms with E-state index in [4.69, 9.17) is 14.2 Å². The highest BCUT2D eigenvalue weighted by molar-refractivity contribution is 5.94. The van der Waals surface area contributed by atoms with E-state index < -0.39 is 5.97 Å². The lowest BCUT2D eigenvalue weighted by Gasteiger charge is -2.36. The van der Waals surface area contributed by atoms with Crippen LogP contribution in [0.4, 0.5) is 11.4 Å². The second-order valence-electron chi connectivity index (χ2n) is 10.3. The standard InChI is InChI=1S/C31H42N4O6.ClH/c1-2-39-31(38)23-32-29(36)10-7-21-41-28-9-4-3-8-27(28)35-18-16-34(17-19-35)15-5-6-20-40-25-13-11-24-12-14-30(37)33-26(24)22-25;/h3-4,8-9,11,13,22H,2,5-7,10,12,14-21,23H2,1H3,(H,32,36)(H,33,37);1H. The Morgan fingerprint density at radius 2 is 1.74 bits per heavy atom. The molecule has 0 bridgehead atoms. The number of amides is 2. The Bertz CT molecular complexity index is 1170. The fourth-order valence-electron chi connectivity index (χ4n) is 5.01. The molecule has 2 N–H and O–H groups in total. The van der Waals surface area contributed by atoms with Gasteiger partial charge in [-0.2, -0.15) is 0 Å². The predicted octanol–water partition coefficient (Wildman–Crippen LogP) is 3.81. The van der Waals surface area contributed by atoms with Crippen LogP contribution in [0.1, 0.15) is 44.6 Å². The normalized spacial score (nSPS) is 14.7. The topological polar surface area (TPSA) is 109 Å². The summed E-state index contributed by atoms with van der Waals surface area (Å²) in [5.41, 5.74) is 3.12. The van der Waals surface area contributed by atoms with Gasteiger partial charge in [0.25, 0.3) is 0 Å². The number of nitrogens with zero attached hydrogens (tertiary/aromatic N) is 2. The molecular formula is C31H43ClN4O6. The number of fused-ring (bicyclic) bond motifs is 1. The van der Waals surface area contributed by atoms with E-state index >= 15 is 0 Å². The number of piperazine rings is 1. The van der Waals surface area contributed by atoms with Crippen molar-refractivity contribution < 1.29 is 28.6 Å². The largest absolute Gasteiger partial charge is 0.494 e. The Balaban J connectivity index is 0.00000484. The number of halogens is 1. The number of anilines is 2. The zero-order valence-electron chi connectivity index (χ0n) is 24.4. The molecule has 10 nitrogen and oxygen atoms in total. The Hall–Kier alpha value is -3.50.